The number of hydrogen-bond acceptors (Lipinski definition) is 6. The molecule has 7 nitrogen and oxygen atoms in total. The van der Waals surface area contributed by atoms with Crippen LogP contribution in [0.3, 0.4) is 0 Å². The third kappa shape index (κ3) is 4.45. The number of nitrogens with zero attached hydrogens (tertiary/aromatic N) is 6. The van der Waals surface area contributed by atoms with E-state index in [4.69, 9.17) is 4.74 Å². The van der Waals surface area contributed by atoms with Crippen molar-refractivity contribution in [2.24, 2.45) is 0 Å². The number of benzene rings is 1. The summed E-state index contributed by atoms with van der Waals surface area (Å²) >= 11 is 0. The van der Waals surface area contributed by atoms with Crippen LogP contribution in [-0.4, -0.2) is 51.3 Å². The second-order valence-electron chi connectivity index (χ2n) is 10.2. The zero-order chi connectivity index (χ0) is 25.7. The molecule has 37 heavy (non-hydrogen) atoms. The monoisotopic (exact) mass is 496 g/mol. The number of morpholine rings is 1. The topological polar surface area (TPSA) is 69.7 Å². The summed E-state index contributed by atoms with van der Waals surface area (Å²) in [6, 6.07) is 16.6. The van der Waals surface area contributed by atoms with Gasteiger partial charge in [0.1, 0.15) is 17.3 Å². The molecule has 0 N–H and O–H groups in total. The molecule has 8 heteroatoms. The van der Waals surface area contributed by atoms with Gasteiger partial charge in [0.05, 0.1) is 24.1 Å². The molecule has 0 spiro atoms. The molecule has 2 aliphatic rings. The van der Waals surface area contributed by atoms with Crippen molar-refractivity contribution in [2.75, 3.05) is 24.5 Å². The highest BCUT2D eigenvalue weighted by Crippen LogP contribution is 2.31. The average molecular weight is 497 g/mol. The van der Waals surface area contributed by atoms with Crippen LogP contribution < -0.4 is 4.90 Å². The summed E-state index contributed by atoms with van der Waals surface area (Å²) in [5.41, 5.74) is 8.57. The van der Waals surface area contributed by atoms with Crippen molar-refractivity contribution in [3.63, 3.8) is 0 Å². The molecule has 0 bridgehead atoms. The van der Waals surface area contributed by atoms with Gasteiger partial charge >= 0.3 is 0 Å². The van der Waals surface area contributed by atoms with Crippen LogP contribution in [0.1, 0.15) is 35.1 Å². The van der Waals surface area contributed by atoms with E-state index in [-0.39, 0.29) is 12.2 Å². The molecule has 0 unspecified atom stereocenters. The molecule has 1 saturated heterocycles. The molecule has 0 saturated carbocycles. The van der Waals surface area contributed by atoms with E-state index >= 15 is 0 Å². The first kappa shape index (κ1) is 23.6. The van der Waals surface area contributed by atoms with Crippen LogP contribution in [0.15, 0.2) is 48.7 Å². The van der Waals surface area contributed by atoms with Gasteiger partial charge in [0, 0.05) is 44.1 Å². The van der Waals surface area contributed by atoms with Gasteiger partial charge in [-0.1, -0.05) is 12.1 Å². The smallest absolute Gasteiger partial charge is 0.171 e. The van der Waals surface area contributed by atoms with Gasteiger partial charge in [0.15, 0.2) is 5.82 Å². The molecule has 0 radical (unpaired) electrons. The van der Waals surface area contributed by atoms with E-state index < -0.39 is 5.82 Å². The first-order chi connectivity index (χ1) is 17.9. The van der Waals surface area contributed by atoms with Crippen molar-refractivity contribution in [3.05, 3.63) is 82.7 Å². The number of pyridine rings is 2. The van der Waals surface area contributed by atoms with Crippen LogP contribution in [-0.2, 0) is 17.8 Å². The van der Waals surface area contributed by atoms with Crippen molar-refractivity contribution < 1.29 is 9.13 Å². The largest absolute Gasteiger partial charge is 0.370 e. The predicted octanol–water partition coefficient (Wildman–Crippen LogP) is 4.63. The number of aromatic nitrogens is 3. The molecule has 188 valence electrons. The van der Waals surface area contributed by atoms with Gasteiger partial charge in [-0.3, -0.25) is 9.88 Å². The summed E-state index contributed by atoms with van der Waals surface area (Å²) in [4.78, 5) is 9.09. The van der Waals surface area contributed by atoms with Crippen LogP contribution in [0.25, 0.3) is 16.6 Å². The van der Waals surface area contributed by atoms with E-state index in [1.807, 2.05) is 19.9 Å². The van der Waals surface area contributed by atoms with Gasteiger partial charge in [-0.05, 0) is 73.4 Å². The summed E-state index contributed by atoms with van der Waals surface area (Å²) in [5.74, 6) is -0.423. The average Bonchev–Trinajstić information content (AvgIpc) is 3.45. The normalized spacial score (nSPS) is 19.8. The van der Waals surface area contributed by atoms with Crippen molar-refractivity contribution in [3.8, 4) is 17.2 Å². The zero-order valence-electron chi connectivity index (χ0n) is 21.3. The number of hydrogen-bond donors (Lipinski definition) is 0. The fourth-order valence-corrected chi connectivity index (χ4v) is 5.79. The standard InChI is InChI=1S/C29H29FN6O/c1-18-8-23(9-19(2)33-18)21-4-5-22-14-34(15-24(22)10-21)16-26-17-35(13-20(3)37-26)28-7-6-25(11-31)36-29(28)27(30)12-32-36/h4-10,12,20,26H,13-17H2,1-3H3/t20-,26+/m1/s1. The Morgan fingerprint density at radius 3 is 2.59 bits per heavy atom. The van der Waals surface area contributed by atoms with Crippen LogP contribution in [0.4, 0.5) is 10.1 Å². The number of fused-ring (bicyclic) bond motifs is 2. The van der Waals surface area contributed by atoms with Gasteiger partial charge in [-0.15, -0.1) is 0 Å². The molecule has 1 fully saturated rings. The van der Waals surface area contributed by atoms with E-state index in [9.17, 15) is 9.65 Å². The Bertz CT molecular complexity index is 1520. The van der Waals surface area contributed by atoms with E-state index in [0.717, 1.165) is 36.7 Å². The Morgan fingerprint density at radius 1 is 1.03 bits per heavy atom. The molecule has 2 atom stereocenters. The molecule has 3 aromatic heterocycles. The van der Waals surface area contributed by atoms with Gasteiger partial charge in [0.2, 0.25) is 0 Å². The Morgan fingerprint density at radius 2 is 1.81 bits per heavy atom. The summed E-state index contributed by atoms with van der Waals surface area (Å²) in [6.07, 6.45) is 1.14. The molecule has 0 aliphatic carbocycles. The lowest BCUT2D eigenvalue weighted by atomic mass is 10.0. The minimum atomic E-state index is -0.423. The number of ether oxygens (including phenoxy) is 1. The molecule has 4 aromatic rings. The first-order valence-electron chi connectivity index (χ1n) is 12.6. The SMILES string of the molecule is Cc1cc(-c2ccc3c(c2)CN(C[C@H]2CN(c4ccc(C#N)n5ncc(F)c45)C[C@@H](C)O2)C3)cc(C)n1. The van der Waals surface area contributed by atoms with Crippen LogP contribution in [0.5, 0.6) is 0 Å². The molecule has 5 heterocycles. The maximum atomic E-state index is 14.7. The molecule has 1 aromatic carbocycles. The Labute approximate surface area is 215 Å². The van der Waals surface area contributed by atoms with Crippen molar-refractivity contribution in [1.29, 1.82) is 5.26 Å². The minimum absolute atomic E-state index is 0.00447. The van der Waals surface area contributed by atoms with Crippen molar-refractivity contribution in [2.45, 2.75) is 46.1 Å². The second kappa shape index (κ2) is 9.25. The second-order valence-corrected chi connectivity index (χ2v) is 10.2. The fraction of sp³-hybridized carbons (Fsp3) is 0.345. The third-order valence-electron chi connectivity index (χ3n) is 7.25. The minimum Gasteiger partial charge on any atom is -0.370 e. The lowest BCUT2D eigenvalue weighted by Gasteiger charge is -2.39. The number of anilines is 1. The highest BCUT2D eigenvalue weighted by atomic mass is 19.1. The molecular formula is C29H29FN6O. The van der Waals surface area contributed by atoms with Gasteiger partial charge in [-0.2, -0.15) is 10.4 Å². The summed E-state index contributed by atoms with van der Waals surface area (Å²) in [5, 5.41) is 13.5. The first-order valence-corrected chi connectivity index (χ1v) is 12.6. The maximum Gasteiger partial charge on any atom is 0.171 e. The molecular weight excluding hydrogens is 467 g/mol. The van der Waals surface area contributed by atoms with Crippen molar-refractivity contribution in [1.82, 2.24) is 19.5 Å². The predicted molar refractivity (Wildman–Crippen MR) is 140 cm³/mol. The fourth-order valence-electron chi connectivity index (χ4n) is 5.79. The number of nitriles is 1. The number of aryl methyl sites for hydroxylation is 2. The highest BCUT2D eigenvalue weighted by molar-refractivity contribution is 5.75. The number of rotatable bonds is 4. The van der Waals surface area contributed by atoms with Crippen LogP contribution >= 0.6 is 0 Å². The molecule has 6 rings (SSSR count). The number of halogens is 1. The van der Waals surface area contributed by atoms with E-state index in [0.29, 0.717) is 24.3 Å². The lowest BCUT2D eigenvalue weighted by Crippen LogP contribution is -2.50. The van der Waals surface area contributed by atoms with Gasteiger partial charge < -0.3 is 9.64 Å². The summed E-state index contributed by atoms with van der Waals surface area (Å²) in [7, 11) is 0. The Hall–Kier alpha value is -3.80. The third-order valence-corrected chi connectivity index (χ3v) is 7.25. The van der Waals surface area contributed by atoms with E-state index in [1.165, 1.54) is 33.0 Å². The van der Waals surface area contributed by atoms with Crippen molar-refractivity contribution >= 4 is 11.2 Å². The quantitative estimate of drug-likeness (QED) is 0.410. The maximum absolute atomic E-state index is 14.7. The summed E-state index contributed by atoms with van der Waals surface area (Å²) < 4.78 is 22.4. The van der Waals surface area contributed by atoms with Gasteiger partial charge in [-0.25, -0.2) is 8.91 Å². The lowest BCUT2D eigenvalue weighted by molar-refractivity contribution is -0.0329. The van der Waals surface area contributed by atoms with Crippen LogP contribution in [0.2, 0.25) is 0 Å². The Balaban J connectivity index is 1.19. The summed E-state index contributed by atoms with van der Waals surface area (Å²) in [6.45, 7) is 9.95. The van der Waals surface area contributed by atoms with E-state index in [1.54, 1.807) is 6.07 Å². The molecule has 0 amide bonds. The highest BCUT2D eigenvalue weighted by Gasteiger charge is 2.31. The zero-order valence-corrected chi connectivity index (χ0v) is 21.3. The van der Waals surface area contributed by atoms with Crippen LogP contribution in [0, 0.1) is 31.0 Å². The van der Waals surface area contributed by atoms with Gasteiger partial charge in [0.25, 0.3) is 0 Å². The Kier molecular flexibility index (Phi) is 5.90. The molecule has 2 aliphatic heterocycles. The van der Waals surface area contributed by atoms with E-state index in [2.05, 4.69) is 63.2 Å².